The Bertz CT molecular complexity index is 1130. The van der Waals surface area contributed by atoms with Crippen molar-refractivity contribution in [3.63, 3.8) is 0 Å². The second-order valence-electron chi connectivity index (χ2n) is 7.92. The smallest absolute Gasteiger partial charge is 0.274 e. The van der Waals surface area contributed by atoms with E-state index in [1.807, 2.05) is 19.1 Å². The number of imide groups is 1. The van der Waals surface area contributed by atoms with E-state index >= 15 is 0 Å². The summed E-state index contributed by atoms with van der Waals surface area (Å²) in [4.78, 5) is 53.0. The molecule has 0 radical (unpaired) electrons. The van der Waals surface area contributed by atoms with Gasteiger partial charge in [-0.25, -0.2) is 5.01 Å². The van der Waals surface area contributed by atoms with Crippen LogP contribution in [0.25, 0.3) is 0 Å². The minimum Gasteiger partial charge on any atom is -0.292 e. The Balaban J connectivity index is 1.73. The van der Waals surface area contributed by atoms with Gasteiger partial charge in [0, 0.05) is 10.6 Å². The first kappa shape index (κ1) is 22.2. The predicted octanol–water partition coefficient (Wildman–Crippen LogP) is 4.43. The number of hydrogen-bond acceptors (Lipinski definition) is 4. The zero-order chi connectivity index (χ0) is 23.0. The standard InChI is InChI=1S/C24H20Cl2N2O4/c1-14-6-5-9-18-21(14)24(32)28(23(18)31)27(13-20(29)15-7-3-2-4-8-15)22(30)17-11-10-16(25)12-19(17)26/h2-8,10-12,14,18,21H,9,13H2,1H3/t14-,18+,21+/m1/s1. The van der Waals surface area contributed by atoms with Crippen LogP contribution in [-0.4, -0.2) is 40.1 Å². The van der Waals surface area contributed by atoms with Crippen molar-refractivity contribution < 1.29 is 19.2 Å². The summed E-state index contributed by atoms with van der Waals surface area (Å²) < 4.78 is 0. The highest BCUT2D eigenvalue weighted by Gasteiger charge is 2.53. The summed E-state index contributed by atoms with van der Waals surface area (Å²) in [7, 11) is 0. The number of carbonyl (C=O) groups excluding carboxylic acids is 4. The fourth-order valence-corrected chi connectivity index (χ4v) is 4.74. The number of hydrazine groups is 1. The quantitative estimate of drug-likeness (QED) is 0.368. The van der Waals surface area contributed by atoms with Gasteiger partial charge in [-0.3, -0.25) is 19.2 Å². The minimum absolute atomic E-state index is 0.0403. The summed E-state index contributed by atoms with van der Waals surface area (Å²) in [5.74, 6) is -3.41. The van der Waals surface area contributed by atoms with Crippen molar-refractivity contribution in [3.8, 4) is 0 Å². The molecule has 0 bridgehead atoms. The van der Waals surface area contributed by atoms with Crippen LogP contribution in [0.15, 0.2) is 60.7 Å². The van der Waals surface area contributed by atoms with E-state index in [0.717, 1.165) is 10.0 Å². The van der Waals surface area contributed by atoms with Gasteiger partial charge in [0.05, 0.1) is 22.4 Å². The molecule has 4 rings (SSSR count). The van der Waals surface area contributed by atoms with E-state index in [9.17, 15) is 19.2 Å². The molecule has 2 aromatic carbocycles. The van der Waals surface area contributed by atoms with Crippen molar-refractivity contribution in [1.29, 1.82) is 0 Å². The van der Waals surface area contributed by atoms with Gasteiger partial charge in [-0.2, -0.15) is 5.01 Å². The zero-order valence-electron chi connectivity index (χ0n) is 17.2. The number of carbonyl (C=O) groups is 4. The molecule has 6 nitrogen and oxygen atoms in total. The zero-order valence-corrected chi connectivity index (χ0v) is 18.7. The van der Waals surface area contributed by atoms with E-state index in [2.05, 4.69) is 0 Å². The Morgan fingerprint density at radius 1 is 1.06 bits per heavy atom. The number of allylic oxidation sites excluding steroid dienone is 2. The molecule has 3 atom stereocenters. The molecule has 1 aliphatic carbocycles. The Kier molecular flexibility index (Phi) is 6.17. The lowest BCUT2D eigenvalue weighted by Gasteiger charge is -2.30. The number of nitrogens with zero attached hydrogens (tertiary/aromatic N) is 2. The van der Waals surface area contributed by atoms with Crippen molar-refractivity contribution in [1.82, 2.24) is 10.0 Å². The van der Waals surface area contributed by atoms with Crippen LogP contribution in [-0.2, 0) is 9.59 Å². The molecule has 1 fully saturated rings. The average Bonchev–Trinajstić information content (AvgIpc) is 3.03. The summed E-state index contributed by atoms with van der Waals surface area (Å²) in [5, 5.41) is 2.15. The maximum Gasteiger partial charge on any atom is 0.274 e. The van der Waals surface area contributed by atoms with Crippen molar-refractivity contribution in [3.05, 3.63) is 81.9 Å². The lowest BCUT2D eigenvalue weighted by molar-refractivity contribution is -0.154. The molecule has 2 aliphatic rings. The molecule has 1 aliphatic heterocycles. The van der Waals surface area contributed by atoms with Crippen LogP contribution < -0.4 is 0 Å². The number of fused-ring (bicyclic) bond motifs is 1. The molecule has 0 aromatic heterocycles. The topological polar surface area (TPSA) is 74.8 Å². The number of Topliss-reactive ketones (excluding diaryl/α,β-unsaturated/α-hetero) is 1. The Morgan fingerprint density at radius 3 is 2.44 bits per heavy atom. The van der Waals surface area contributed by atoms with E-state index in [0.29, 0.717) is 17.0 Å². The normalized spacial score (nSPS) is 22.1. The summed E-state index contributed by atoms with van der Waals surface area (Å²) in [5.41, 5.74) is 0.401. The predicted molar refractivity (Wildman–Crippen MR) is 120 cm³/mol. The van der Waals surface area contributed by atoms with Crippen molar-refractivity contribution in [2.24, 2.45) is 17.8 Å². The highest BCUT2D eigenvalue weighted by molar-refractivity contribution is 6.36. The average molecular weight is 471 g/mol. The molecule has 1 saturated heterocycles. The van der Waals surface area contributed by atoms with Crippen molar-refractivity contribution in [2.75, 3.05) is 6.54 Å². The van der Waals surface area contributed by atoms with E-state index in [1.54, 1.807) is 30.3 Å². The van der Waals surface area contributed by atoms with Gasteiger partial charge < -0.3 is 0 Å². The molecule has 0 N–H and O–H groups in total. The third-order valence-corrected chi connectivity index (χ3v) is 6.42. The maximum atomic E-state index is 13.5. The third kappa shape index (κ3) is 3.96. The summed E-state index contributed by atoms with van der Waals surface area (Å²) in [6, 6.07) is 12.7. The molecule has 164 valence electrons. The second-order valence-corrected chi connectivity index (χ2v) is 8.76. The number of hydrogen-bond donors (Lipinski definition) is 0. The minimum atomic E-state index is -0.725. The number of rotatable bonds is 5. The second kappa shape index (κ2) is 8.88. The monoisotopic (exact) mass is 470 g/mol. The van der Waals surface area contributed by atoms with Gasteiger partial charge in [-0.1, -0.05) is 72.6 Å². The highest BCUT2D eigenvalue weighted by atomic mass is 35.5. The summed E-state index contributed by atoms with van der Waals surface area (Å²) in [6.45, 7) is 1.37. The molecule has 3 amide bonds. The van der Waals surface area contributed by atoms with Crippen LogP contribution in [0.5, 0.6) is 0 Å². The van der Waals surface area contributed by atoms with Crippen LogP contribution >= 0.6 is 23.2 Å². The number of halogens is 2. The lowest BCUT2D eigenvalue weighted by atomic mass is 9.78. The fraction of sp³-hybridized carbons (Fsp3) is 0.250. The molecule has 32 heavy (non-hydrogen) atoms. The Labute approximate surface area is 195 Å². The third-order valence-electron chi connectivity index (χ3n) is 5.88. The first-order valence-electron chi connectivity index (χ1n) is 10.2. The number of ketones is 1. The van der Waals surface area contributed by atoms with E-state index in [1.165, 1.54) is 18.2 Å². The van der Waals surface area contributed by atoms with E-state index in [4.69, 9.17) is 23.2 Å². The molecule has 0 spiro atoms. The molecule has 8 heteroatoms. The van der Waals surface area contributed by atoms with Crippen molar-refractivity contribution >= 4 is 46.7 Å². The van der Waals surface area contributed by atoms with E-state index in [-0.39, 0.29) is 16.5 Å². The lowest BCUT2D eigenvalue weighted by Crippen LogP contribution is -2.52. The summed E-state index contributed by atoms with van der Waals surface area (Å²) in [6.07, 6.45) is 4.18. The van der Waals surface area contributed by atoms with Gasteiger partial charge in [-0.15, -0.1) is 0 Å². The fourth-order valence-electron chi connectivity index (χ4n) is 4.26. The van der Waals surface area contributed by atoms with Crippen LogP contribution in [0.3, 0.4) is 0 Å². The van der Waals surface area contributed by atoms with Gasteiger partial charge in [0.25, 0.3) is 17.7 Å². The Hall–Kier alpha value is -2.96. The van der Waals surface area contributed by atoms with Gasteiger partial charge in [0.2, 0.25) is 0 Å². The molecule has 1 heterocycles. The summed E-state index contributed by atoms with van der Waals surface area (Å²) >= 11 is 12.2. The molecular formula is C24H20Cl2N2O4. The molecule has 2 aromatic rings. The van der Waals surface area contributed by atoms with Gasteiger partial charge in [-0.05, 0) is 30.5 Å². The van der Waals surface area contributed by atoms with Crippen LogP contribution in [0, 0.1) is 17.8 Å². The largest absolute Gasteiger partial charge is 0.292 e. The number of benzene rings is 2. The maximum absolute atomic E-state index is 13.5. The molecule has 0 unspecified atom stereocenters. The van der Waals surface area contributed by atoms with E-state index < -0.39 is 41.9 Å². The first-order chi connectivity index (χ1) is 15.3. The number of amides is 3. The van der Waals surface area contributed by atoms with Gasteiger partial charge >= 0.3 is 0 Å². The Morgan fingerprint density at radius 2 is 1.78 bits per heavy atom. The van der Waals surface area contributed by atoms with Crippen LogP contribution in [0.4, 0.5) is 0 Å². The van der Waals surface area contributed by atoms with Crippen LogP contribution in [0.1, 0.15) is 34.1 Å². The molecule has 0 saturated carbocycles. The SMILES string of the molecule is C[C@@H]1C=CC[C@@H]2C(=O)N(N(CC(=O)c3ccccc3)C(=O)c3ccc(Cl)cc3Cl)C(=O)[C@@H]12. The molecular weight excluding hydrogens is 451 g/mol. The highest BCUT2D eigenvalue weighted by Crippen LogP contribution is 2.39. The van der Waals surface area contributed by atoms with Crippen LogP contribution in [0.2, 0.25) is 10.0 Å². The first-order valence-corrected chi connectivity index (χ1v) is 10.9. The van der Waals surface area contributed by atoms with Gasteiger partial charge in [0.1, 0.15) is 6.54 Å². The van der Waals surface area contributed by atoms with Gasteiger partial charge in [0.15, 0.2) is 5.78 Å². The van der Waals surface area contributed by atoms with Crippen molar-refractivity contribution in [2.45, 2.75) is 13.3 Å².